The van der Waals surface area contributed by atoms with Crippen LogP contribution in [0.25, 0.3) is 17.0 Å². The van der Waals surface area contributed by atoms with Gasteiger partial charge in [0.2, 0.25) is 0 Å². The number of aromatic nitrogens is 1. The van der Waals surface area contributed by atoms with Crippen molar-refractivity contribution in [2.45, 2.75) is 25.4 Å². The largest absolute Gasteiger partial charge is 0.360 e. The average molecular weight is 389 g/mol. The monoisotopic (exact) mass is 389 g/mol. The molecule has 1 atom stereocenters. The third-order valence-electron chi connectivity index (χ3n) is 5.42. The number of amides is 1. The maximum atomic E-state index is 13.2. The normalized spacial score (nSPS) is 17.2. The number of benzene rings is 2. The lowest BCUT2D eigenvalue weighted by Gasteiger charge is -2.23. The summed E-state index contributed by atoms with van der Waals surface area (Å²) in [5, 5.41) is 9.51. The molecule has 0 spiro atoms. The Kier molecular flexibility index (Phi) is 5.55. The summed E-state index contributed by atoms with van der Waals surface area (Å²) < 4.78 is 0. The SMILES string of the molecule is O=C(C=Cc1ccc(CN2CCC[C@H]2C(=O)c2c[nH]c3ccccc23)cc1)NO. The number of H-pyrrole nitrogens is 1. The Morgan fingerprint density at radius 2 is 1.97 bits per heavy atom. The summed E-state index contributed by atoms with van der Waals surface area (Å²) in [4.78, 5) is 29.7. The van der Waals surface area contributed by atoms with Gasteiger partial charge < -0.3 is 4.98 Å². The number of nitrogens with zero attached hydrogens (tertiary/aromatic N) is 1. The molecule has 1 saturated heterocycles. The Morgan fingerprint density at radius 1 is 1.17 bits per heavy atom. The maximum absolute atomic E-state index is 13.2. The summed E-state index contributed by atoms with van der Waals surface area (Å²) >= 11 is 0. The van der Waals surface area contributed by atoms with E-state index in [0.717, 1.165) is 47.0 Å². The van der Waals surface area contributed by atoms with Gasteiger partial charge in [-0.15, -0.1) is 0 Å². The third-order valence-corrected chi connectivity index (χ3v) is 5.42. The average Bonchev–Trinajstić information content (AvgIpc) is 3.39. The van der Waals surface area contributed by atoms with Crippen LogP contribution < -0.4 is 5.48 Å². The Hall–Kier alpha value is -3.22. The lowest BCUT2D eigenvalue weighted by atomic mass is 10.0. The van der Waals surface area contributed by atoms with Crippen LogP contribution in [-0.2, 0) is 11.3 Å². The molecule has 0 unspecified atom stereocenters. The highest BCUT2D eigenvalue weighted by Gasteiger charge is 2.32. The number of hydrogen-bond acceptors (Lipinski definition) is 4. The minimum Gasteiger partial charge on any atom is -0.360 e. The highest BCUT2D eigenvalue weighted by molar-refractivity contribution is 6.10. The molecular formula is C23H23N3O3. The van der Waals surface area contributed by atoms with Crippen molar-refractivity contribution in [3.63, 3.8) is 0 Å². The Morgan fingerprint density at radius 3 is 2.76 bits per heavy atom. The molecule has 1 aromatic heterocycles. The number of para-hydroxylation sites is 1. The van der Waals surface area contributed by atoms with Crippen molar-refractivity contribution in [1.82, 2.24) is 15.4 Å². The summed E-state index contributed by atoms with van der Waals surface area (Å²) in [5.74, 6) is -0.390. The standard InChI is InChI=1S/C23H23N3O3/c27-22(25-29)12-11-16-7-9-17(10-8-16)15-26-13-3-6-21(26)23(28)19-14-24-20-5-2-1-4-18(19)20/h1-2,4-5,7-12,14,21,24,29H,3,6,13,15H2,(H,25,27)/t21-/m0/s1. The second-order valence-corrected chi connectivity index (χ2v) is 7.29. The van der Waals surface area contributed by atoms with Gasteiger partial charge in [0.1, 0.15) is 0 Å². The van der Waals surface area contributed by atoms with Crippen LogP contribution in [0.2, 0.25) is 0 Å². The van der Waals surface area contributed by atoms with Gasteiger partial charge in [-0.2, -0.15) is 0 Å². The van der Waals surface area contributed by atoms with Crippen molar-refractivity contribution in [3.8, 4) is 0 Å². The molecule has 0 saturated carbocycles. The van der Waals surface area contributed by atoms with Gasteiger partial charge in [0.25, 0.3) is 5.91 Å². The molecule has 0 aliphatic carbocycles. The number of nitrogens with one attached hydrogen (secondary N) is 2. The van der Waals surface area contributed by atoms with E-state index in [0.29, 0.717) is 6.54 Å². The van der Waals surface area contributed by atoms with Gasteiger partial charge in [0.15, 0.2) is 5.78 Å². The molecule has 4 rings (SSSR count). The molecule has 1 fully saturated rings. The highest BCUT2D eigenvalue weighted by Crippen LogP contribution is 2.27. The summed E-state index contributed by atoms with van der Waals surface area (Å²) in [6.45, 7) is 1.61. The number of carbonyl (C=O) groups excluding carboxylic acids is 2. The van der Waals surface area contributed by atoms with E-state index in [-0.39, 0.29) is 11.8 Å². The van der Waals surface area contributed by atoms with E-state index in [1.807, 2.05) is 54.7 Å². The first kappa shape index (κ1) is 19.1. The van der Waals surface area contributed by atoms with Crippen LogP contribution in [-0.4, -0.2) is 39.4 Å². The molecule has 1 amide bonds. The zero-order chi connectivity index (χ0) is 20.2. The smallest absolute Gasteiger partial charge is 0.267 e. The molecule has 29 heavy (non-hydrogen) atoms. The van der Waals surface area contributed by atoms with Gasteiger partial charge in [-0.25, -0.2) is 5.48 Å². The fourth-order valence-electron chi connectivity index (χ4n) is 3.95. The predicted molar refractivity (Wildman–Crippen MR) is 111 cm³/mol. The van der Waals surface area contributed by atoms with Crippen molar-refractivity contribution in [2.24, 2.45) is 0 Å². The lowest BCUT2D eigenvalue weighted by Crippen LogP contribution is -2.35. The van der Waals surface area contributed by atoms with E-state index < -0.39 is 5.91 Å². The zero-order valence-corrected chi connectivity index (χ0v) is 16.0. The fraction of sp³-hybridized carbons (Fsp3) is 0.217. The number of likely N-dealkylation sites (tertiary alicyclic amines) is 1. The number of aromatic amines is 1. The summed E-state index contributed by atoms with van der Waals surface area (Å²) in [5.41, 5.74) is 5.30. The first-order valence-corrected chi connectivity index (χ1v) is 9.71. The molecule has 3 N–H and O–H groups in total. The third kappa shape index (κ3) is 4.13. The molecule has 3 aromatic rings. The topological polar surface area (TPSA) is 85.4 Å². The Bertz CT molecular complexity index is 1050. The van der Waals surface area contributed by atoms with Crippen molar-refractivity contribution in [1.29, 1.82) is 0 Å². The number of rotatable bonds is 6. The van der Waals surface area contributed by atoms with Gasteiger partial charge in [-0.1, -0.05) is 42.5 Å². The Balaban J connectivity index is 1.47. The van der Waals surface area contributed by atoms with Crippen LogP contribution in [0.5, 0.6) is 0 Å². The molecule has 6 heteroatoms. The Labute approximate surface area is 168 Å². The number of hydroxylamine groups is 1. The predicted octanol–water partition coefficient (Wildman–Crippen LogP) is 3.53. The van der Waals surface area contributed by atoms with E-state index in [1.165, 1.54) is 6.08 Å². The number of ketones is 1. The van der Waals surface area contributed by atoms with Gasteiger partial charge >= 0.3 is 0 Å². The van der Waals surface area contributed by atoms with Gasteiger partial charge in [0, 0.05) is 35.3 Å². The lowest BCUT2D eigenvalue weighted by molar-refractivity contribution is -0.124. The minimum absolute atomic E-state index is 0.109. The maximum Gasteiger partial charge on any atom is 0.267 e. The molecule has 1 aliphatic rings. The van der Waals surface area contributed by atoms with Crippen LogP contribution in [0.3, 0.4) is 0 Å². The van der Waals surface area contributed by atoms with E-state index >= 15 is 0 Å². The van der Waals surface area contributed by atoms with Crippen LogP contribution in [0.15, 0.2) is 60.8 Å². The van der Waals surface area contributed by atoms with E-state index in [9.17, 15) is 9.59 Å². The molecule has 0 bridgehead atoms. The summed E-state index contributed by atoms with van der Waals surface area (Å²) in [6, 6.07) is 15.6. The second-order valence-electron chi connectivity index (χ2n) is 7.29. The van der Waals surface area contributed by atoms with Crippen molar-refractivity contribution in [2.75, 3.05) is 6.54 Å². The minimum atomic E-state index is -0.565. The zero-order valence-electron chi connectivity index (χ0n) is 16.0. The molecular weight excluding hydrogens is 366 g/mol. The van der Waals surface area contributed by atoms with Crippen molar-refractivity contribution >= 4 is 28.7 Å². The van der Waals surface area contributed by atoms with Crippen molar-refractivity contribution < 1.29 is 14.8 Å². The van der Waals surface area contributed by atoms with E-state index in [2.05, 4.69) is 9.88 Å². The van der Waals surface area contributed by atoms with Crippen molar-refractivity contribution in [3.05, 3.63) is 77.5 Å². The van der Waals surface area contributed by atoms with Gasteiger partial charge in [-0.05, 0) is 42.7 Å². The first-order valence-electron chi connectivity index (χ1n) is 9.71. The molecule has 1 aliphatic heterocycles. The number of carbonyl (C=O) groups is 2. The van der Waals surface area contributed by atoms with Crippen LogP contribution in [0.4, 0.5) is 0 Å². The number of hydrogen-bond donors (Lipinski definition) is 3. The van der Waals surface area contributed by atoms with Crippen LogP contribution in [0.1, 0.15) is 34.3 Å². The second kappa shape index (κ2) is 8.43. The molecule has 6 nitrogen and oxygen atoms in total. The summed E-state index contributed by atoms with van der Waals surface area (Å²) in [7, 11) is 0. The van der Waals surface area contributed by atoms with E-state index in [1.54, 1.807) is 11.6 Å². The first-order chi connectivity index (χ1) is 14.2. The molecule has 148 valence electrons. The fourth-order valence-corrected chi connectivity index (χ4v) is 3.95. The van der Waals surface area contributed by atoms with E-state index in [4.69, 9.17) is 5.21 Å². The van der Waals surface area contributed by atoms with Crippen LogP contribution in [0, 0.1) is 0 Å². The number of fused-ring (bicyclic) bond motifs is 1. The highest BCUT2D eigenvalue weighted by atomic mass is 16.5. The van der Waals surface area contributed by atoms with Crippen LogP contribution >= 0.6 is 0 Å². The van der Waals surface area contributed by atoms with Gasteiger partial charge in [0.05, 0.1) is 6.04 Å². The molecule has 2 aromatic carbocycles. The summed E-state index contributed by atoms with van der Waals surface area (Å²) in [6.07, 6.45) is 6.61. The number of Topliss-reactive ketones (excluding diaryl/α,β-unsaturated/α-hetero) is 1. The molecule has 2 heterocycles. The van der Waals surface area contributed by atoms with Gasteiger partial charge in [-0.3, -0.25) is 19.7 Å². The quantitative estimate of drug-likeness (QED) is 0.261. The molecule has 0 radical (unpaired) electrons.